The Kier molecular flexibility index (Phi) is 23.8. The third-order valence-corrected chi connectivity index (χ3v) is 11.1. The predicted octanol–water partition coefficient (Wildman–Crippen LogP) is 8.81. The molecule has 0 fully saturated rings. The van der Waals surface area contributed by atoms with E-state index in [-0.39, 0.29) is 56.8 Å². The lowest BCUT2D eigenvalue weighted by molar-refractivity contribution is -0.150. The molecule has 0 aromatic heterocycles. The Morgan fingerprint density at radius 1 is 0.545 bits per heavy atom. The van der Waals surface area contributed by atoms with E-state index in [1.807, 2.05) is 98.8 Å². The molecular weight excluding hydrogens is 878 g/mol. The zero-order chi connectivity index (χ0) is 45.8. The number of nitrogens with one attached hydrogen (secondary N) is 3. The summed E-state index contributed by atoms with van der Waals surface area (Å²) in [5.41, 5.74) is 14.1. The lowest BCUT2D eigenvalue weighted by Gasteiger charge is -2.26. The van der Waals surface area contributed by atoms with Gasteiger partial charge in [0.1, 0.15) is 36.2 Å². The van der Waals surface area contributed by atoms with E-state index in [1.165, 1.54) is 0 Å². The van der Waals surface area contributed by atoms with Crippen LogP contribution < -0.4 is 36.9 Å². The van der Waals surface area contributed by atoms with Crippen molar-refractivity contribution in [2.75, 3.05) is 26.3 Å². The Hall–Kier alpha value is -5.40. The number of halogens is 2. The van der Waals surface area contributed by atoms with Gasteiger partial charge in [-0.2, -0.15) is 0 Å². The molecule has 14 heteroatoms. The fourth-order valence-corrected chi connectivity index (χ4v) is 7.63. The SMILES string of the molecule is CC(C)CCOc1ccc2ccccc2c1-c1c(OCC(=O)N[C@H](CCCCN)C(=O)N[C@H](CCCCN)C(=O)N[C@@H](CC(C)C)C(=O)OCc2ccccc2)ccc2ccccc12.Cl.Cl. The minimum absolute atomic E-state index is 0. The van der Waals surface area contributed by atoms with Crippen LogP contribution in [0.1, 0.15) is 84.6 Å². The van der Waals surface area contributed by atoms with Crippen LogP contribution in [0.4, 0.5) is 0 Å². The molecule has 7 N–H and O–H groups in total. The van der Waals surface area contributed by atoms with Crippen LogP contribution >= 0.6 is 24.8 Å². The van der Waals surface area contributed by atoms with Crippen molar-refractivity contribution >= 4 is 70.0 Å². The quantitative estimate of drug-likeness (QED) is 0.0267. The van der Waals surface area contributed by atoms with E-state index in [9.17, 15) is 19.2 Å². The molecule has 0 aliphatic heterocycles. The van der Waals surface area contributed by atoms with E-state index in [0.717, 1.165) is 44.7 Å². The number of ether oxygens (including phenoxy) is 3. The number of hydrogen-bond acceptors (Lipinski definition) is 9. The highest BCUT2D eigenvalue weighted by Gasteiger charge is 2.31. The Bertz CT molecular complexity index is 2290. The van der Waals surface area contributed by atoms with Crippen LogP contribution in [0.2, 0.25) is 0 Å². The van der Waals surface area contributed by atoms with Crippen molar-refractivity contribution in [3.63, 3.8) is 0 Å². The number of unbranched alkanes of at least 4 members (excludes halogenated alkanes) is 2. The summed E-state index contributed by atoms with van der Waals surface area (Å²) in [7, 11) is 0. The van der Waals surface area contributed by atoms with Gasteiger partial charge in [-0.1, -0.05) is 119 Å². The second-order valence-corrected chi connectivity index (χ2v) is 17.2. The summed E-state index contributed by atoms with van der Waals surface area (Å²) >= 11 is 0. The van der Waals surface area contributed by atoms with E-state index in [0.29, 0.717) is 69.2 Å². The van der Waals surface area contributed by atoms with E-state index in [1.54, 1.807) is 0 Å². The molecule has 5 aromatic carbocycles. The summed E-state index contributed by atoms with van der Waals surface area (Å²) in [6, 6.07) is 30.4. The van der Waals surface area contributed by atoms with Gasteiger partial charge in [0.15, 0.2) is 6.61 Å². The van der Waals surface area contributed by atoms with Gasteiger partial charge >= 0.3 is 5.97 Å². The molecule has 66 heavy (non-hydrogen) atoms. The number of amides is 3. The zero-order valence-corrected chi connectivity index (χ0v) is 40.4. The largest absolute Gasteiger partial charge is 0.493 e. The van der Waals surface area contributed by atoms with Crippen molar-refractivity contribution in [1.29, 1.82) is 0 Å². The molecule has 0 unspecified atom stereocenters. The first-order valence-electron chi connectivity index (χ1n) is 22.8. The summed E-state index contributed by atoms with van der Waals surface area (Å²) in [4.78, 5) is 55.3. The van der Waals surface area contributed by atoms with Gasteiger partial charge in [0.05, 0.1) is 6.61 Å². The maximum absolute atomic E-state index is 14.1. The molecule has 0 radical (unpaired) electrons. The summed E-state index contributed by atoms with van der Waals surface area (Å²) < 4.78 is 18.5. The van der Waals surface area contributed by atoms with Crippen LogP contribution in [0.25, 0.3) is 32.7 Å². The van der Waals surface area contributed by atoms with E-state index in [4.69, 9.17) is 25.7 Å². The monoisotopic (exact) mass is 945 g/mol. The third kappa shape index (κ3) is 16.5. The minimum atomic E-state index is -1.00. The molecular formula is C52H69Cl2N5O7. The molecule has 0 spiro atoms. The van der Waals surface area contributed by atoms with Gasteiger partial charge < -0.3 is 41.6 Å². The Morgan fingerprint density at radius 2 is 1.05 bits per heavy atom. The van der Waals surface area contributed by atoms with Crippen LogP contribution in [-0.2, 0) is 30.5 Å². The van der Waals surface area contributed by atoms with E-state index >= 15 is 0 Å². The van der Waals surface area contributed by atoms with Crippen molar-refractivity contribution in [2.45, 2.75) is 104 Å². The highest BCUT2D eigenvalue weighted by Crippen LogP contribution is 2.45. The second kappa shape index (κ2) is 28.6. The molecule has 12 nitrogen and oxygen atoms in total. The normalized spacial score (nSPS) is 12.4. The summed E-state index contributed by atoms with van der Waals surface area (Å²) in [5.74, 6) is -0.405. The first-order valence-corrected chi connectivity index (χ1v) is 22.8. The van der Waals surface area contributed by atoms with Gasteiger partial charge in [0, 0.05) is 11.1 Å². The standard InChI is InChI=1S/C52H67N5O7.2ClH/c1-35(2)28-31-62-45-26-24-38-18-8-10-20-40(38)48(45)49-41-21-11-9-19-39(41)25-27-46(49)63-34-47(58)55-42(22-12-14-29-53)50(59)56-43(23-13-15-30-54)51(60)57-44(32-36(3)4)52(61)64-33-37-16-6-5-7-17-37;;/h5-11,16-21,24-27,35-36,42-44H,12-15,22-23,28-34,53-54H2,1-4H3,(H,55,58)(H,56,59)(H,57,60);2*1H/t42-,43-,44+;;/m1../s1. The molecule has 0 bridgehead atoms. The summed E-state index contributed by atoms with van der Waals surface area (Å²) in [6.07, 6.45) is 4.14. The topological polar surface area (TPSA) is 184 Å². The summed E-state index contributed by atoms with van der Waals surface area (Å²) in [6.45, 7) is 9.26. The van der Waals surface area contributed by atoms with E-state index < -0.39 is 41.8 Å². The number of carbonyl (C=O) groups excluding carboxylic acids is 4. The molecule has 0 aliphatic rings. The highest BCUT2D eigenvalue weighted by molar-refractivity contribution is 6.10. The molecule has 358 valence electrons. The summed E-state index contributed by atoms with van der Waals surface area (Å²) in [5, 5.41) is 12.6. The molecule has 3 amide bonds. The predicted molar refractivity (Wildman–Crippen MR) is 269 cm³/mol. The van der Waals surface area contributed by atoms with Gasteiger partial charge in [-0.25, -0.2) is 4.79 Å². The number of rotatable bonds is 26. The van der Waals surface area contributed by atoms with Crippen LogP contribution in [-0.4, -0.2) is 68.1 Å². The smallest absolute Gasteiger partial charge is 0.328 e. The average Bonchev–Trinajstić information content (AvgIpc) is 3.29. The van der Waals surface area contributed by atoms with Gasteiger partial charge in [-0.05, 0) is 116 Å². The van der Waals surface area contributed by atoms with Gasteiger partial charge in [-0.3, -0.25) is 14.4 Å². The maximum atomic E-state index is 14.1. The number of hydrogen-bond donors (Lipinski definition) is 5. The van der Waals surface area contributed by atoms with Crippen LogP contribution in [0.3, 0.4) is 0 Å². The van der Waals surface area contributed by atoms with Crippen LogP contribution in [0.5, 0.6) is 11.5 Å². The van der Waals surface area contributed by atoms with E-state index in [2.05, 4.69) is 48.0 Å². The Balaban J connectivity index is 0.00000578. The Morgan fingerprint density at radius 3 is 1.58 bits per heavy atom. The molecule has 0 heterocycles. The van der Waals surface area contributed by atoms with Crippen LogP contribution in [0.15, 0.2) is 103 Å². The maximum Gasteiger partial charge on any atom is 0.328 e. The van der Waals surface area contributed by atoms with Crippen LogP contribution in [0, 0.1) is 11.8 Å². The minimum Gasteiger partial charge on any atom is -0.493 e. The van der Waals surface area contributed by atoms with Gasteiger partial charge in [-0.15, -0.1) is 24.8 Å². The molecule has 3 atom stereocenters. The number of nitrogens with two attached hydrogens (primary N) is 2. The number of fused-ring (bicyclic) bond motifs is 2. The highest BCUT2D eigenvalue weighted by atomic mass is 35.5. The lowest BCUT2D eigenvalue weighted by atomic mass is 9.92. The molecule has 5 rings (SSSR count). The van der Waals surface area contributed by atoms with Crippen molar-refractivity contribution in [2.24, 2.45) is 23.3 Å². The average molecular weight is 947 g/mol. The number of carbonyl (C=O) groups is 4. The molecule has 5 aromatic rings. The number of benzene rings is 5. The van der Waals surface area contributed by atoms with Gasteiger partial charge in [0.25, 0.3) is 5.91 Å². The van der Waals surface area contributed by atoms with Crippen molar-refractivity contribution in [3.8, 4) is 22.6 Å². The fraction of sp³-hybridized carbons (Fsp3) is 0.423. The lowest BCUT2D eigenvalue weighted by Crippen LogP contribution is -2.56. The molecule has 0 aliphatic carbocycles. The van der Waals surface area contributed by atoms with Crippen molar-refractivity contribution in [3.05, 3.63) is 109 Å². The van der Waals surface area contributed by atoms with Crippen molar-refractivity contribution in [1.82, 2.24) is 16.0 Å². The zero-order valence-electron chi connectivity index (χ0n) is 38.7. The third-order valence-electron chi connectivity index (χ3n) is 11.1. The second-order valence-electron chi connectivity index (χ2n) is 17.2. The fourth-order valence-electron chi connectivity index (χ4n) is 7.63. The van der Waals surface area contributed by atoms with Gasteiger partial charge in [0.2, 0.25) is 11.8 Å². The first-order chi connectivity index (χ1) is 31.0. The number of esters is 1. The van der Waals surface area contributed by atoms with Crippen molar-refractivity contribution < 1.29 is 33.4 Å². The molecule has 0 saturated carbocycles. The molecule has 0 saturated heterocycles. The Labute approximate surface area is 402 Å². The first kappa shape index (κ1) is 54.9.